The van der Waals surface area contributed by atoms with Crippen molar-refractivity contribution < 1.29 is 4.42 Å². The molecule has 9 heterocycles. The minimum atomic E-state index is 0.775. The van der Waals surface area contributed by atoms with Crippen LogP contribution >= 0.6 is 11.3 Å². The number of nitrogens with zero attached hydrogens (tertiary/aromatic N) is 15. The van der Waals surface area contributed by atoms with Crippen molar-refractivity contribution in [1.82, 2.24) is 74.8 Å². The molecule has 13 rings (SSSR count). The van der Waals surface area contributed by atoms with E-state index in [1.54, 1.807) is 43.5 Å². The van der Waals surface area contributed by atoms with E-state index >= 15 is 0 Å². The van der Waals surface area contributed by atoms with Crippen molar-refractivity contribution in [2.75, 3.05) is 0 Å². The van der Waals surface area contributed by atoms with E-state index in [1.165, 1.54) is 48.8 Å². The van der Waals surface area contributed by atoms with Crippen molar-refractivity contribution in [2.24, 2.45) is 0 Å². The highest BCUT2D eigenvalue weighted by Gasteiger charge is 2.02. The van der Waals surface area contributed by atoms with E-state index in [2.05, 4.69) is 163 Å². The van der Waals surface area contributed by atoms with E-state index in [9.17, 15) is 0 Å². The molecule has 4 aromatic carbocycles. The number of fused-ring (bicyclic) bond motifs is 4. The normalized spacial score (nSPS) is 8.45. The maximum Gasteiger partial charge on any atom is 0.129 e. The number of aryl methyl sites for hydroxylation is 20. The molecule has 0 saturated carbocycles. The van der Waals surface area contributed by atoms with Gasteiger partial charge in [0.15, 0.2) is 0 Å². The van der Waals surface area contributed by atoms with Crippen molar-refractivity contribution in [3.8, 4) is 0 Å². The molecule has 0 aliphatic carbocycles. The minimum absolute atomic E-state index is 0.775. The lowest BCUT2D eigenvalue weighted by Crippen LogP contribution is -1.92. The van der Waals surface area contributed by atoms with Crippen LogP contribution in [0.25, 0.3) is 32.4 Å². The number of benzene rings is 4. The molecule has 0 amide bonds. The fraction of sp³-hybridized carbons (Fsp3) is 0.442. The second-order valence-electron chi connectivity index (χ2n) is 21.2. The molecule has 0 N–H and O–H groups in total. The summed E-state index contributed by atoms with van der Waals surface area (Å²) < 4.78 is 5.08. The summed E-state index contributed by atoms with van der Waals surface area (Å²) in [4.78, 5) is 62.9. The summed E-state index contributed by atoms with van der Waals surface area (Å²) in [5.41, 5.74) is 12.7. The predicted molar refractivity (Wildman–Crippen MR) is 494 cm³/mol. The van der Waals surface area contributed by atoms with Crippen molar-refractivity contribution in [3.63, 3.8) is 0 Å². The van der Waals surface area contributed by atoms with Crippen molar-refractivity contribution in [3.05, 3.63) is 278 Å². The number of para-hydroxylation sites is 1. The van der Waals surface area contributed by atoms with E-state index in [0.717, 1.165) is 103 Å². The number of thiophene rings is 1. The van der Waals surface area contributed by atoms with Crippen LogP contribution < -0.4 is 0 Å². The van der Waals surface area contributed by atoms with Gasteiger partial charge >= 0.3 is 0 Å². The van der Waals surface area contributed by atoms with Gasteiger partial charge in [-0.05, 0) is 209 Å². The third-order valence-corrected chi connectivity index (χ3v) is 13.1. The number of hydrogen-bond donors (Lipinski definition) is 0. The highest BCUT2D eigenvalue weighted by molar-refractivity contribution is 7.11. The Morgan fingerprint density at radius 3 is 0.884 bits per heavy atom. The summed E-state index contributed by atoms with van der Waals surface area (Å²) in [6.07, 6.45) is 13.6. The Labute approximate surface area is 687 Å². The highest BCUT2D eigenvalue weighted by atomic mass is 32.1. The molecule has 112 heavy (non-hydrogen) atoms. The van der Waals surface area contributed by atoms with Crippen LogP contribution in [0.3, 0.4) is 0 Å². The summed E-state index contributed by atoms with van der Waals surface area (Å²) in [5, 5.41) is 6.50. The maximum atomic E-state index is 5.08. The topological polar surface area (TPSA) is 206 Å². The quantitative estimate of drug-likeness (QED) is 0.129. The molecule has 0 fully saturated rings. The van der Waals surface area contributed by atoms with Crippen LogP contribution in [0, 0.1) is 138 Å². The molecule has 0 aliphatic rings. The summed E-state index contributed by atoms with van der Waals surface area (Å²) >= 11 is 1.84. The Balaban J connectivity index is -0.000000175. The molecule has 0 radical (unpaired) electrons. The zero-order valence-electron chi connectivity index (χ0n) is 78.1. The van der Waals surface area contributed by atoms with Crippen LogP contribution in [0.1, 0.15) is 265 Å². The molecular formula is C95H153N15OS. The lowest BCUT2D eigenvalue weighted by molar-refractivity contribution is 0.504. The molecule has 17 heteroatoms. The van der Waals surface area contributed by atoms with Gasteiger partial charge in [0, 0.05) is 80.8 Å². The first-order valence-corrected chi connectivity index (χ1v) is 41.2. The van der Waals surface area contributed by atoms with Gasteiger partial charge in [-0.15, -0.1) is 11.3 Å². The zero-order valence-corrected chi connectivity index (χ0v) is 78.9. The summed E-state index contributed by atoms with van der Waals surface area (Å²) in [7, 11) is 0. The SMILES string of the molecule is CC.CC.CC.CC.CC.CC.CC.CC.CC.CC.CC.Cc1cc(C)ncn1.Cc1ccc(C)o1.Cc1ccc(C)s1.Cc1ccc2c(ccc3cc(C)ccc32)c1.Cc1ccnc(C)n1.Cc1ccnc(C)n1.Cc1cnc(C)cn1.Cc1cncc(C)n1.Cc1nc(C)c2ccccc2n1.Cc1ncnc(C)n1. The molecule has 620 valence electrons. The number of hydrogen-bond acceptors (Lipinski definition) is 17. The number of aromatic nitrogens is 15. The van der Waals surface area contributed by atoms with Gasteiger partial charge in [-0.1, -0.05) is 230 Å². The molecule has 0 aliphatic heterocycles. The lowest BCUT2D eigenvalue weighted by atomic mass is 9.99. The first-order chi connectivity index (χ1) is 53.8. The van der Waals surface area contributed by atoms with Crippen LogP contribution in [0.5, 0.6) is 0 Å². The summed E-state index contributed by atoms with van der Waals surface area (Å²) in [6.45, 7) is 83.3. The summed E-state index contributed by atoms with van der Waals surface area (Å²) in [5.74, 6) is 6.03. The Morgan fingerprint density at radius 2 is 0.616 bits per heavy atom. The molecule has 9 aromatic heterocycles. The molecule has 13 aromatic rings. The standard InChI is InChI=1S/C16H14.C10H10N2.5C6H8N2.C6H8O.C6H8S.C5H7N3.11C2H6/c1-11-3-7-15-13(9-11)5-6-14-10-12(2)4-8-16(14)15;1-7-9-5-3-4-6-10(9)12-8(2)11-7;1-5-3-8-6(2)4-7-5;1-5-3-7-4-6(2)8-5;1-5-3-6(2)8-4-7-5;2*1-5-3-4-7-6(2)8-5;2*1-5-3-4-6(2)7-5;1-4-6-3-7-5(2)8-4;11*1-2/h3-10H,1-2H3;3-6H,1-2H3;5*3-4H,1-2H3;2*3-4H,1-2H3;3H,1-2H3;11*1-2H3. The average molecular weight is 1550 g/mol. The fourth-order valence-electron chi connectivity index (χ4n) is 8.07. The van der Waals surface area contributed by atoms with Crippen LogP contribution in [0.2, 0.25) is 0 Å². The van der Waals surface area contributed by atoms with Crippen LogP contribution in [0.4, 0.5) is 0 Å². The molecule has 0 unspecified atom stereocenters. The van der Waals surface area contributed by atoms with Gasteiger partial charge in [-0.3, -0.25) is 19.9 Å². The lowest BCUT2D eigenvalue weighted by Gasteiger charge is -2.05. The second kappa shape index (κ2) is 80.6. The molecule has 0 atom stereocenters. The molecule has 0 saturated heterocycles. The van der Waals surface area contributed by atoms with E-state index in [4.69, 9.17) is 4.42 Å². The van der Waals surface area contributed by atoms with Gasteiger partial charge in [-0.25, -0.2) is 54.8 Å². The van der Waals surface area contributed by atoms with Crippen LogP contribution in [-0.2, 0) is 0 Å². The van der Waals surface area contributed by atoms with Gasteiger partial charge in [0.25, 0.3) is 0 Å². The number of rotatable bonds is 0. The van der Waals surface area contributed by atoms with Crippen LogP contribution in [-0.4, -0.2) is 74.8 Å². The first kappa shape index (κ1) is 118. The summed E-state index contributed by atoms with van der Waals surface area (Å²) in [6, 6.07) is 39.7. The molecule has 0 bridgehead atoms. The average Bonchev–Trinajstić information content (AvgIpc) is 0.955. The van der Waals surface area contributed by atoms with Crippen LogP contribution in [0.15, 0.2) is 170 Å². The van der Waals surface area contributed by atoms with Gasteiger partial charge in [0.2, 0.25) is 0 Å². The third-order valence-electron chi connectivity index (χ3n) is 12.2. The molecule has 0 spiro atoms. The first-order valence-electron chi connectivity index (χ1n) is 40.4. The fourth-order valence-corrected chi connectivity index (χ4v) is 8.85. The Morgan fingerprint density at radius 1 is 0.250 bits per heavy atom. The highest BCUT2D eigenvalue weighted by Crippen LogP contribution is 2.27. The molecule has 16 nitrogen and oxygen atoms in total. The zero-order chi connectivity index (χ0) is 88.1. The van der Waals surface area contributed by atoms with Crippen molar-refractivity contribution in [1.29, 1.82) is 0 Å². The Kier molecular flexibility index (Phi) is 84.9. The molecular weight excluding hydrogens is 1400 g/mol. The van der Waals surface area contributed by atoms with Crippen molar-refractivity contribution >= 4 is 43.8 Å². The van der Waals surface area contributed by atoms with Crippen molar-refractivity contribution in [2.45, 2.75) is 291 Å². The number of furan rings is 1. The minimum Gasteiger partial charge on any atom is -0.467 e. The third kappa shape index (κ3) is 61.8. The monoisotopic (exact) mass is 1550 g/mol. The largest absolute Gasteiger partial charge is 0.467 e. The Hall–Kier alpha value is -9.87. The maximum absolute atomic E-state index is 5.08. The van der Waals surface area contributed by atoms with E-state index in [-0.39, 0.29) is 0 Å². The van der Waals surface area contributed by atoms with E-state index < -0.39 is 0 Å². The van der Waals surface area contributed by atoms with Gasteiger partial charge in [-0.2, -0.15) is 0 Å². The smallest absolute Gasteiger partial charge is 0.129 e. The van der Waals surface area contributed by atoms with Gasteiger partial charge in [0.1, 0.15) is 53.3 Å². The van der Waals surface area contributed by atoms with E-state index in [0.29, 0.717) is 0 Å². The predicted octanol–water partition coefficient (Wildman–Crippen LogP) is 28.4. The van der Waals surface area contributed by atoms with Gasteiger partial charge in [0.05, 0.1) is 28.3 Å². The van der Waals surface area contributed by atoms with Gasteiger partial charge < -0.3 is 4.42 Å². The Bertz CT molecular complexity index is 3760. The van der Waals surface area contributed by atoms with E-state index in [1.807, 2.05) is 329 Å². The second-order valence-corrected chi connectivity index (χ2v) is 22.7.